The Morgan fingerprint density at radius 3 is 2.56 bits per heavy atom. The normalized spacial score (nSPS) is 10.5. The summed E-state index contributed by atoms with van der Waals surface area (Å²) in [6.45, 7) is 0. The van der Waals surface area contributed by atoms with Crippen molar-refractivity contribution in [3.8, 4) is 0 Å². The summed E-state index contributed by atoms with van der Waals surface area (Å²) in [5.74, 6) is -1.74. The van der Waals surface area contributed by atoms with Crippen molar-refractivity contribution in [1.29, 1.82) is 0 Å². The lowest BCUT2D eigenvalue weighted by molar-refractivity contribution is -0.387. The third-order valence-electron chi connectivity index (χ3n) is 1.65. The number of hydrogen-bond acceptors (Lipinski definition) is 4. The Morgan fingerprint density at radius 1 is 1.62 bits per heavy atom. The minimum atomic E-state index is -3.17. The van der Waals surface area contributed by atoms with E-state index in [0.29, 0.717) is 0 Å². The van der Waals surface area contributed by atoms with Crippen LogP contribution in [-0.4, -0.2) is 21.0 Å². The van der Waals surface area contributed by atoms with Gasteiger partial charge in [0.05, 0.1) is 9.40 Å². The van der Waals surface area contributed by atoms with Gasteiger partial charge in [-0.25, -0.2) is 18.6 Å². The van der Waals surface area contributed by atoms with E-state index in [4.69, 9.17) is 5.11 Å². The first-order chi connectivity index (χ1) is 7.36. The van der Waals surface area contributed by atoms with Crippen molar-refractivity contribution in [2.45, 2.75) is 6.43 Å². The molecule has 0 fully saturated rings. The molecule has 0 aliphatic rings. The molecular formula is C7H3BrF2N2O4. The minimum Gasteiger partial charge on any atom is -0.476 e. The van der Waals surface area contributed by atoms with E-state index < -0.39 is 34.3 Å². The Bertz CT molecular complexity index is 466. The van der Waals surface area contributed by atoms with Crippen LogP contribution in [-0.2, 0) is 0 Å². The van der Waals surface area contributed by atoms with Crippen LogP contribution < -0.4 is 0 Å². The number of aromatic nitrogens is 1. The number of nitro groups is 1. The molecule has 1 heterocycles. The molecule has 6 nitrogen and oxygen atoms in total. The van der Waals surface area contributed by atoms with Crippen LogP contribution in [0.25, 0.3) is 0 Å². The zero-order chi connectivity index (χ0) is 12.5. The van der Waals surface area contributed by atoms with Gasteiger partial charge in [0.2, 0.25) is 5.69 Å². The summed E-state index contributed by atoms with van der Waals surface area (Å²) in [5.41, 5.74) is -3.20. The highest BCUT2D eigenvalue weighted by Crippen LogP contribution is 2.36. The molecule has 0 amide bonds. The summed E-state index contributed by atoms with van der Waals surface area (Å²) in [6, 6.07) is 0. The molecule has 86 valence electrons. The standard InChI is InChI=1S/C7H3BrF2N2O4/c8-2-1-11-4(7(13)14)5(12(15)16)3(2)6(9)10/h1,6H,(H,13,14). The van der Waals surface area contributed by atoms with Gasteiger partial charge in [-0.1, -0.05) is 0 Å². The third-order valence-corrected chi connectivity index (χ3v) is 2.28. The Morgan fingerprint density at radius 2 is 2.19 bits per heavy atom. The number of aromatic carboxylic acids is 1. The van der Waals surface area contributed by atoms with Gasteiger partial charge in [-0.3, -0.25) is 10.1 Å². The first-order valence-corrected chi connectivity index (χ1v) is 4.49. The summed E-state index contributed by atoms with van der Waals surface area (Å²) >= 11 is 2.66. The van der Waals surface area contributed by atoms with E-state index in [9.17, 15) is 23.7 Å². The van der Waals surface area contributed by atoms with E-state index in [1.807, 2.05) is 0 Å². The number of rotatable bonds is 3. The molecule has 1 aromatic rings. The molecule has 16 heavy (non-hydrogen) atoms. The van der Waals surface area contributed by atoms with Crippen molar-refractivity contribution in [1.82, 2.24) is 4.98 Å². The topological polar surface area (TPSA) is 93.3 Å². The Hall–Kier alpha value is -1.64. The number of carboxylic acids is 1. The maximum absolute atomic E-state index is 12.5. The number of halogens is 3. The number of carbonyl (C=O) groups is 1. The van der Waals surface area contributed by atoms with Crippen molar-refractivity contribution >= 4 is 27.6 Å². The smallest absolute Gasteiger partial charge is 0.361 e. The molecule has 9 heteroatoms. The van der Waals surface area contributed by atoms with E-state index in [1.54, 1.807) is 0 Å². The molecule has 1 N–H and O–H groups in total. The Balaban J connectivity index is 3.63. The number of nitrogens with zero attached hydrogens (tertiary/aromatic N) is 2. The second-order valence-corrected chi connectivity index (χ2v) is 3.43. The van der Waals surface area contributed by atoms with Crippen LogP contribution in [0.1, 0.15) is 22.5 Å². The largest absolute Gasteiger partial charge is 0.476 e. The molecule has 0 atom stereocenters. The van der Waals surface area contributed by atoms with Crippen LogP contribution in [0, 0.1) is 10.1 Å². The quantitative estimate of drug-likeness (QED) is 0.683. The SMILES string of the molecule is O=C(O)c1ncc(Br)c(C(F)F)c1[N+](=O)[O-]. The fraction of sp³-hybridized carbons (Fsp3) is 0.143. The molecule has 0 aliphatic heterocycles. The fourth-order valence-electron chi connectivity index (χ4n) is 1.04. The van der Waals surface area contributed by atoms with E-state index in [1.165, 1.54) is 0 Å². The predicted molar refractivity (Wildman–Crippen MR) is 50.5 cm³/mol. The molecular weight excluding hydrogens is 294 g/mol. The minimum absolute atomic E-state index is 0.306. The number of hydrogen-bond donors (Lipinski definition) is 1. The average Bonchev–Trinajstić information content (AvgIpc) is 2.15. The van der Waals surface area contributed by atoms with Gasteiger partial charge in [0, 0.05) is 6.20 Å². The molecule has 0 bridgehead atoms. The van der Waals surface area contributed by atoms with Gasteiger partial charge >= 0.3 is 11.7 Å². The first kappa shape index (κ1) is 12.4. The molecule has 0 spiro atoms. The van der Waals surface area contributed by atoms with Crippen molar-refractivity contribution < 1.29 is 23.6 Å². The zero-order valence-corrected chi connectivity index (χ0v) is 8.94. The van der Waals surface area contributed by atoms with E-state index >= 15 is 0 Å². The van der Waals surface area contributed by atoms with Crippen LogP contribution >= 0.6 is 15.9 Å². The van der Waals surface area contributed by atoms with Gasteiger partial charge < -0.3 is 5.11 Å². The van der Waals surface area contributed by atoms with Crippen LogP contribution in [0.2, 0.25) is 0 Å². The van der Waals surface area contributed by atoms with E-state index in [0.717, 1.165) is 6.20 Å². The highest BCUT2D eigenvalue weighted by atomic mass is 79.9. The van der Waals surface area contributed by atoms with Gasteiger partial charge in [0.15, 0.2) is 0 Å². The van der Waals surface area contributed by atoms with Gasteiger partial charge in [0.25, 0.3) is 6.43 Å². The number of carboxylic acid groups (broad SMARTS) is 1. The van der Waals surface area contributed by atoms with E-state index in [-0.39, 0.29) is 4.47 Å². The van der Waals surface area contributed by atoms with Crippen LogP contribution in [0.4, 0.5) is 14.5 Å². The lowest BCUT2D eigenvalue weighted by Gasteiger charge is -2.05. The summed E-state index contributed by atoms with van der Waals surface area (Å²) in [5, 5.41) is 19.1. The molecule has 0 aromatic carbocycles. The van der Waals surface area contributed by atoms with Crippen LogP contribution in [0.5, 0.6) is 0 Å². The van der Waals surface area contributed by atoms with Gasteiger partial charge in [-0.05, 0) is 15.9 Å². The maximum Gasteiger partial charge on any atom is 0.361 e. The van der Waals surface area contributed by atoms with Crippen molar-refractivity contribution in [3.63, 3.8) is 0 Å². The third kappa shape index (κ3) is 2.13. The number of pyridine rings is 1. The molecule has 0 aliphatic carbocycles. The average molecular weight is 297 g/mol. The second-order valence-electron chi connectivity index (χ2n) is 2.58. The van der Waals surface area contributed by atoms with Gasteiger partial charge in [-0.2, -0.15) is 0 Å². The lowest BCUT2D eigenvalue weighted by atomic mass is 10.2. The van der Waals surface area contributed by atoms with Gasteiger partial charge in [0.1, 0.15) is 5.56 Å². The van der Waals surface area contributed by atoms with Crippen molar-refractivity contribution in [2.75, 3.05) is 0 Å². The van der Waals surface area contributed by atoms with Crippen LogP contribution in [0.3, 0.4) is 0 Å². The molecule has 1 rings (SSSR count). The van der Waals surface area contributed by atoms with Gasteiger partial charge in [-0.15, -0.1) is 0 Å². The van der Waals surface area contributed by atoms with Crippen LogP contribution in [0.15, 0.2) is 10.7 Å². The molecule has 0 saturated heterocycles. The summed E-state index contributed by atoms with van der Waals surface area (Å²) in [7, 11) is 0. The number of alkyl halides is 2. The molecule has 0 unspecified atom stereocenters. The lowest BCUT2D eigenvalue weighted by Crippen LogP contribution is -2.09. The Labute approximate surface area is 95.2 Å². The Kier molecular flexibility index (Phi) is 3.48. The van der Waals surface area contributed by atoms with E-state index in [2.05, 4.69) is 20.9 Å². The fourth-order valence-corrected chi connectivity index (χ4v) is 1.50. The highest BCUT2D eigenvalue weighted by molar-refractivity contribution is 9.10. The highest BCUT2D eigenvalue weighted by Gasteiger charge is 2.32. The molecule has 0 radical (unpaired) electrons. The molecule has 0 saturated carbocycles. The maximum atomic E-state index is 12.5. The summed E-state index contributed by atoms with van der Waals surface area (Å²) in [6.07, 6.45) is -2.38. The predicted octanol–water partition coefficient (Wildman–Crippen LogP) is 2.39. The zero-order valence-electron chi connectivity index (χ0n) is 7.35. The van der Waals surface area contributed by atoms with Crippen molar-refractivity contribution in [3.05, 3.63) is 32.0 Å². The molecule has 1 aromatic heterocycles. The monoisotopic (exact) mass is 296 g/mol. The second kappa shape index (κ2) is 4.47. The summed E-state index contributed by atoms with van der Waals surface area (Å²) in [4.78, 5) is 23.2. The summed E-state index contributed by atoms with van der Waals surface area (Å²) < 4.78 is 24.8. The first-order valence-electron chi connectivity index (χ1n) is 3.70. The van der Waals surface area contributed by atoms with Crippen molar-refractivity contribution in [2.24, 2.45) is 0 Å².